The van der Waals surface area contributed by atoms with Crippen LogP contribution in [0.1, 0.15) is 5.56 Å². The van der Waals surface area contributed by atoms with Gasteiger partial charge in [0.2, 0.25) is 0 Å². The minimum atomic E-state index is -0.990. The van der Waals surface area contributed by atoms with Crippen LogP contribution in [-0.4, -0.2) is 38.2 Å². The number of nitriles is 1. The molecule has 0 aliphatic rings. The third-order valence-electron chi connectivity index (χ3n) is 4.27. The van der Waals surface area contributed by atoms with Gasteiger partial charge in [0.15, 0.2) is 0 Å². The Bertz CT molecular complexity index is 1010. The molecular formula is C21H18ClF2N5Pt. The van der Waals surface area contributed by atoms with Gasteiger partial charge in [0.05, 0.1) is 23.3 Å². The van der Waals surface area contributed by atoms with Crippen molar-refractivity contribution in [3.63, 3.8) is 0 Å². The fraction of sp³-hybridized carbons (Fsp3) is 0.190. The first-order chi connectivity index (χ1) is 14.3. The topological polar surface area (TPSA) is 56.1 Å². The summed E-state index contributed by atoms with van der Waals surface area (Å²) in [6.45, 7) is 0. The van der Waals surface area contributed by atoms with E-state index in [1.165, 1.54) is 12.4 Å². The Balaban J connectivity index is 0.00000155. The number of benzene rings is 1. The van der Waals surface area contributed by atoms with Crippen molar-refractivity contribution in [1.82, 2.24) is 9.97 Å². The maximum absolute atomic E-state index is 14.9. The van der Waals surface area contributed by atoms with Crippen molar-refractivity contribution in [3.05, 3.63) is 59.9 Å². The third-order valence-corrected chi connectivity index (χ3v) is 4.27. The molecule has 158 valence electrons. The van der Waals surface area contributed by atoms with Crippen molar-refractivity contribution in [2.75, 3.05) is 38.0 Å². The molecule has 0 aliphatic carbocycles. The second-order valence-electron chi connectivity index (χ2n) is 6.58. The summed E-state index contributed by atoms with van der Waals surface area (Å²) in [5, 5.41) is 9.33. The van der Waals surface area contributed by atoms with Gasteiger partial charge in [-0.05, 0) is 24.3 Å². The molecule has 0 amide bonds. The van der Waals surface area contributed by atoms with Crippen LogP contribution in [0.5, 0.6) is 0 Å². The molecule has 3 rings (SSSR count). The summed E-state index contributed by atoms with van der Waals surface area (Å²) in [7, 11) is 12.0. The summed E-state index contributed by atoms with van der Waals surface area (Å²) in [5.41, 5.74) is 1.25. The van der Waals surface area contributed by atoms with Crippen molar-refractivity contribution in [3.8, 4) is 28.6 Å². The van der Waals surface area contributed by atoms with Crippen LogP contribution in [0.25, 0.3) is 22.5 Å². The third kappa shape index (κ3) is 4.95. The summed E-state index contributed by atoms with van der Waals surface area (Å²) >= 11 is 1.61. The van der Waals surface area contributed by atoms with Crippen molar-refractivity contribution in [2.45, 2.75) is 0 Å². The number of nitrogens with zero attached hydrogens (tertiary/aromatic N) is 5. The Morgan fingerprint density at radius 3 is 1.63 bits per heavy atom. The van der Waals surface area contributed by atoms with Crippen molar-refractivity contribution in [1.29, 1.82) is 5.26 Å². The van der Waals surface area contributed by atoms with Gasteiger partial charge < -0.3 is 9.80 Å². The van der Waals surface area contributed by atoms with Gasteiger partial charge in [0, 0.05) is 63.3 Å². The molecule has 0 N–H and O–H groups in total. The Labute approximate surface area is 189 Å². The summed E-state index contributed by atoms with van der Waals surface area (Å²) < 4.78 is 29.8. The average molecular weight is 609 g/mol. The minimum absolute atomic E-state index is 0.0753. The van der Waals surface area contributed by atoms with Gasteiger partial charge in [-0.15, -0.1) is 6.07 Å². The molecule has 0 radical (unpaired) electrons. The zero-order chi connectivity index (χ0) is 22.4. The Morgan fingerprint density at radius 2 is 1.30 bits per heavy atom. The van der Waals surface area contributed by atoms with E-state index in [2.05, 4.69) is 25.5 Å². The Morgan fingerprint density at radius 1 is 0.900 bits per heavy atom. The number of hydrogen-bond acceptors (Lipinski definition) is 5. The van der Waals surface area contributed by atoms with Crippen molar-refractivity contribution in [2.24, 2.45) is 0 Å². The molecule has 0 saturated heterocycles. The molecule has 5 nitrogen and oxygen atoms in total. The predicted octanol–water partition coefficient (Wildman–Crippen LogP) is 4.58. The van der Waals surface area contributed by atoms with E-state index < -0.39 is 17.2 Å². The maximum atomic E-state index is 14.9. The van der Waals surface area contributed by atoms with E-state index in [0.717, 1.165) is 11.4 Å². The Hall–Kier alpha value is -2.55. The van der Waals surface area contributed by atoms with Gasteiger partial charge in [-0.25, -0.2) is 0 Å². The van der Waals surface area contributed by atoms with Gasteiger partial charge in [0.1, 0.15) is 0 Å². The first-order valence-electron chi connectivity index (χ1n) is 8.57. The van der Waals surface area contributed by atoms with Crippen LogP contribution in [0.2, 0.25) is 0 Å². The van der Waals surface area contributed by atoms with Crippen LogP contribution in [-0.2, 0) is 18.8 Å². The van der Waals surface area contributed by atoms with Crippen molar-refractivity contribution < 1.29 is 27.6 Å². The number of rotatable bonds is 4. The number of hydrogen-bond donors (Lipinski definition) is 0. The molecule has 0 bridgehead atoms. The molecule has 0 saturated carbocycles. The van der Waals surface area contributed by atoms with E-state index in [4.69, 9.17) is 0 Å². The molecule has 9 heteroatoms. The molecule has 3 aromatic rings. The van der Waals surface area contributed by atoms with Gasteiger partial charge >= 0.3 is 28.2 Å². The number of aromatic nitrogens is 2. The zero-order valence-corrected chi connectivity index (χ0v) is 19.7. The molecule has 0 unspecified atom stereocenters. The summed E-state index contributed by atoms with van der Waals surface area (Å²) in [6, 6.07) is 11.2. The SMILES string of the molecule is CN(C)c1ccnc(-c2[c-]c(-c3cc(N(C)C)ccn3)c(F)c(C#N)c2F)c1.[Cl][Pt+]. The first kappa shape index (κ1) is 23.7. The molecular weight excluding hydrogens is 591 g/mol. The monoisotopic (exact) mass is 608 g/mol. The number of pyridine rings is 2. The van der Waals surface area contributed by atoms with E-state index in [1.54, 1.807) is 49.1 Å². The molecule has 0 aliphatic heterocycles. The molecule has 30 heavy (non-hydrogen) atoms. The van der Waals surface area contributed by atoms with Gasteiger partial charge in [0.25, 0.3) is 0 Å². The molecule has 0 atom stereocenters. The average Bonchev–Trinajstić information content (AvgIpc) is 2.76. The van der Waals surface area contributed by atoms with Crippen LogP contribution in [0.15, 0.2) is 36.7 Å². The molecule has 0 fully saturated rings. The van der Waals surface area contributed by atoms with Crippen LogP contribution in [0.3, 0.4) is 0 Å². The first-order valence-corrected chi connectivity index (χ1v) is 11.4. The number of anilines is 2. The van der Waals surface area contributed by atoms with Gasteiger partial charge in [-0.1, -0.05) is 11.1 Å². The van der Waals surface area contributed by atoms with Crippen molar-refractivity contribution >= 4 is 20.8 Å². The quantitative estimate of drug-likeness (QED) is 0.406. The van der Waals surface area contributed by atoms with Gasteiger partial charge in [-0.3, -0.25) is 18.7 Å². The van der Waals surface area contributed by atoms with E-state index in [9.17, 15) is 14.0 Å². The van der Waals surface area contributed by atoms with Gasteiger partial charge in [-0.2, -0.15) is 5.26 Å². The second-order valence-corrected chi connectivity index (χ2v) is 6.58. The molecule has 1 aromatic carbocycles. The van der Waals surface area contributed by atoms with E-state index in [-0.39, 0.29) is 22.5 Å². The predicted molar refractivity (Wildman–Crippen MR) is 111 cm³/mol. The normalized spacial score (nSPS) is 10.0. The zero-order valence-electron chi connectivity index (χ0n) is 16.7. The molecule has 0 spiro atoms. The van der Waals surface area contributed by atoms with Crippen LogP contribution in [0, 0.1) is 29.0 Å². The van der Waals surface area contributed by atoms with Crippen LogP contribution in [0.4, 0.5) is 20.2 Å². The van der Waals surface area contributed by atoms with E-state index in [1.807, 2.05) is 38.0 Å². The second kappa shape index (κ2) is 10.5. The Kier molecular flexibility index (Phi) is 8.28. The standard InChI is InChI=1S/C21H18F2N5.ClH.Pt/c1-27(2)13-5-7-25-18(9-13)15-11-16(21(23)17(12-24)20(15)22)19-10-14(28(3)4)6-8-26-19;;/h5-10H,1-4H3;1H;/q-1;;+2/p-1. The summed E-state index contributed by atoms with van der Waals surface area (Å²) in [5.74, 6) is -1.98. The summed E-state index contributed by atoms with van der Waals surface area (Å²) in [4.78, 5) is 12.0. The van der Waals surface area contributed by atoms with E-state index >= 15 is 0 Å². The molecule has 2 heterocycles. The van der Waals surface area contributed by atoms with Crippen LogP contribution < -0.4 is 9.80 Å². The fourth-order valence-electron chi connectivity index (χ4n) is 2.70. The number of halogens is 3. The van der Waals surface area contributed by atoms with Crippen LogP contribution >= 0.6 is 9.42 Å². The van der Waals surface area contributed by atoms with E-state index in [0.29, 0.717) is 0 Å². The molecule has 2 aromatic heterocycles. The fourth-order valence-corrected chi connectivity index (χ4v) is 2.70. The summed E-state index contributed by atoms with van der Waals surface area (Å²) in [6.07, 6.45) is 3.05.